The van der Waals surface area contributed by atoms with Gasteiger partial charge < -0.3 is 34.5 Å². The van der Waals surface area contributed by atoms with E-state index in [9.17, 15) is 38.4 Å². The third-order valence-electron chi connectivity index (χ3n) is 4.32. The molecule has 196 valence electrons. The lowest BCUT2D eigenvalue weighted by atomic mass is 10.0. The molecular weight excluding hydrogens is 547 g/mol. The SMILES string of the molecule is O=c1[nH]c(=O)n(Cc2cn[nH]n2)cc1[C@@H]1O[C@H](COP(=O)(O)OP(=O)(O)OP(=O)(O)O)C(O)[C@@H]1O. The first-order chi connectivity index (χ1) is 16.1. The smallest absolute Gasteiger partial charge is 0.387 e. The van der Waals surface area contributed by atoms with Crippen molar-refractivity contribution in [3.8, 4) is 0 Å². The number of aliphatic hydroxyl groups excluding tert-OH is 2. The highest BCUT2D eigenvalue weighted by molar-refractivity contribution is 7.66. The van der Waals surface area contributed by atoms with Gasteiger partial charge >= 0.3 is 29.2 Å². The number of hydrogen-bond acceptors (Lipinski definition) is 13. The molecule has 23 heteroatoms. The lowest BCUT2D eigenvalue weighted by Crippen LogP contribution is -2.36. The topological polar surface area (TPSA) is 306 Å². The Hall–Kier alpha value is -1.89. The Kier molecular flexibility index (Phi) is 8.10. The van der Waals surface area contributed by atoms with Crippen molar-refractivity contribution >= 4 is 23.5 Å². The Labute approximate surface area is 192 Å². The average molecular weight is 565 g/mol. The summed E-state index contributed by atoms with van der Waals surface area (Å²) in [6, 6.07) is 0. The van der Waals surface area contributed by atoms with Gasteiger partial charge in [-0.25, -0.2) is 18.5 Å². The Morgan fingerprint density at radius 1 is 1.06 bits per heavy atom. The molecule has 35 heavy (non-hydrogen) atoms. The van der Waals surface area contributed by atoms with Gasteiger partial charge in [-0.1, -0.05) is 0 Å². The molecule has 20 nitrogen and oxygen atoms in total. The predicted molar refractivity (Wildman–Crippen MR) is 106 cm³/mol. The molecule has 1 saturated heterocycles. The molecule has 0 bridgehead atoms. The predicted octanol–water partition coefficient (Wildman–Crippen LogP) is -2.79. The zero-order valence-corrected chi connectivity index (χ0v) is 19.6. The first-order valence-electron chi connectivity index (χ1n) is 9.05. The van der Waals surface area contributed by atoms with Gasteiger partial charge in [0, 0.05) is 6.20 Å². The average Bonchev–Trinajstić information content (AvgIpc) is 3.29. The monoisotopic (exact) mass is 565 g/mol. The third kappa shape index (κ3) is 7.31. The second kappa shape index (κ2) is 10.2. The van der Waals surface area contributed by atoms with Crippen LogP contribution >= 0.6 is 23.5 Å². The summed E-state index contributed by atoms with van der Waals surface area (Å²) in [5.74, 6) is 0. The molecule has 0 aromatic carbocycles. The molecule has 2 aromatic rings. The normalized spacial score (nSPS) is 26.3. The molecule has 0 spiro atoms. The van der Waals surface area contributed by atoms with E-state index in [4.69, 9.17) is 19.4 Å². The van der Waals surface area contributed by atoms with E-state index in [0.717, 1.165) is 10.8 Å². The minimum Gasteiger partial charge on any atom is -0.387 e. The summed E-state index contributed by atoms with van der Waals surface area (Å²) in [5, 5.41) is 30.2. The van der Waals surface area contributed by atoms with E-state index in [-0.39, 0.29) is 12.1 Å². The number of rotatable bonds is 10. The molecule has 0 aliphatic carbocycles. The van der Waals surface area contributed by atoms with Crippen LogP contribution in [0, 0.1) is 0 Å². The summed E-state index contributed by atoms with van der Waals surface area (Å²) in [6.45, 7) is -1.21. The van der Waals surface area contributed by atoms with Gasteiger partial charge in [0.05, 0.1) is 24.9 Å². The van der Waals surface area contributed by atoms with Crippen molar-refractivity contribution in [3.63, 3.8) is 0 Å². The van der Waals surface area contributed by atoms with Crippen molar-refractivity contribution in [2.24, 2.45) is 0 Å². The van der Waals surface area contributed by atoms with Crippen molar-refractivity contribution in [1.82, 2.24) is 25.0 Å². The van der Waals surface area contributed by atoms with Gasteiger partial charge in [0.25, 0.3) is 5.56 Å². The molecule has 6 atom stereocenters. The Balaban J connectivity index is 1.72. The molecule has 0 radical (unpaired) electrons. The van der Waals surface area contributed by atoms with Gasteiger partial charge in [-0.15, -0.1) is 0 Å². The van der Waals surface area contributed by atoms with Gasteiger partial charge in [-0.05, 0) is 0 Å². The number of nitrogens with one attached hydrogen (secondary N) is 2. The largest absolute Gasteiger partial charge is 0.490 e. The standard InChI is InChI=1S/C12H18N5O15P3/c18-8-7(4-29-34(25,26)32-35(27,28)31-33(22,23)24)30-10(9(8)19)6-3-17(12(21)14-11(6)20)2-5-1-13-16-15-5/h1,3,7-10,18-19H,2,4H2,(H,25,26)(H,27,28)(H,13,15,16)(H,14,20,21)(H2,22,23,24)/t7-,8?,9+,10+/m1/s1. The van der Waals surface area contributed by atoms with Crippen LogP contribution in [0.15, 0.2) is 22.0 Å². The highest BCUT2D eigenvalue weighted by Crippen LogP contribution is 2.66. The minimum absolute atomic E-state index is 0.139. The summed E-state index contributed by atoms with van der Waals surface area (Å²) in [6.07, 6.45) is -4.48. The van der Waals surface area contributed by atoms with Crippen LogP contribution in [0.25, 0.3) is 0 Å². The molecule has 1 fully saturated rings. The van der Waals surface area contributed by atoms with E-state index in [1.54, 1.807) is 0 Å². The molecule has 0 saturated carbocycles. The summed E-state index contributed by atoms with van der Waals surface area (Å²) < 4.78 is 51.6. The summed E-state index contributed by atoms with van der Waals surface area (Å²) in [4.78, 5) is 62.0. The second-order valence-corrected chi connectivity index (χ2v) is 11.3. The van der Waals surface area contributed by atoms with Gasteiger partial charge in [-0.2, -0.15) is 24.0 Å². The van der Waals surface area contributed by atoms with Gasteiger partial charge in [0.15, 0.2) is 0 Å². The second-order valence-electron chi connectivity index (χ2n) is 6.90. The molecule has 3 rings (SSSR count). The zero-order chi connectivity index (χ0) is 26.2. The number of hydrogen-bond donors (Lipinski definition) is 8. The van der Waals surface area contributed by atoms with Crippen LogP contribution in [0.3, 0.4) is 0 Å². The van der Waals surface area contributed by atoms with Crippen LogP contribution in [0.2, 0.25) is 0 Å². The number of aliphatic hydroxyl groups is 2. The molecule has 0 amide bonds. The lowest BCUT2D eigenvalue weighted by Gasteiger charge is -2.19. The maximum absolute atomic E-state index is 12.3. The number of phosphoric acid groups is 3. The van der Waals surface area contributed by atoms with E-state index in [1.807, 2.05) is 4.98 Å². The number of aromatic amines is 2. The molecule has 3 unspecified atom stereocenters. The van der Waals surface area contributed by atoms with Crippen LogP contribution in [0.1, 0.15) is 17.4 Å². The highest BCUT2D eigenvalue weighted by Gasteiger charge is 2.47. The fraction of sp³-hybridized carbons (Fsp3) is 0.500. The van der Waals surface area contributed by atoms with Gasteiger partial charge in [0.1, 0.15) is 30.1 Å². The molecule has 1 aliphatic heterocycles. The van der Waals surface area contributed by atoms with E-state index < -0.39 is 65.7 Å². The Morgan fingerprint density at radius 3 is 2.34 bits per heavy atom. The van der Waals surface area contributed by atoms with Crippen molar-refractivity contribution in [3.05, 3.63) is 44.5 Å². The van der Waals surface area contributed by atoms with Crippen molar-refractivity contribution in [2.75, 3.05) is 6.61 Å². The van der Waals surface area contributed by atoms with Crippen molar-refractivity contribution in [2.45, 2.75) is 31.0 Å². The Bertz CT molecular complexity index is 1300. The van der Waals surface area contributed by atoms with Crippen molar-refractivity contribution < 1.29 is 61.4 Å². The number of nitrogens with zero attached hydrogens (tertiary/aromatic N) is 3. The minimum atomic E-state index is -5.77. The van der Waals surface area contributed by atoms with Gasteiger partial charge in [0.2, 0.25) is 0 Å². The number of ether oxygens (including phenoxy) is 1. The van der Waals surface area contributed by atoms with Crippen molar-refractivity contribution in [1.29, 1.82) is 0 Å². The third-order valence-corrected chi connectivity index (χ3v) is 8.13. The maximum atomic E-state index is 12.3. The fourth-order valence-electron chi connectivity index (χ4n) is 2.94. The molecule has 2 aromatic heterocycles. The molecular formula is C12H18N5O15P3. The number of phosphoric ester groups is 1. The van der Waals surface area contributed by atoms with Crippen LogP contribution in [-0.4, -0.2) is 79.7 Å². The van der Waals surface area contributed by atoms with E-state index in [1.165, 1.54) is 6.20 Å². The number of H-pyrrole nitrogens is 2. The highest BCUT2D eigenvalue weighted by atomic mass is 31.3. The number of aromatic nitrogens is 5. The van der Waals surface area contributed by atoms with Crippen LogP contribution in [0.4, 0.5) is 0 Å². The summed E-state index contributed by atoms with van der Waals surface area (Å²) >= 11 is 0. The van der Waals surface area contributed by atoms with Gasteiger partial charge in [-0.3, -0.25) is 18.9 Å². The van der Waals surface area contributed by atoms with Crippen LogP contribution in [0.5, 0.6) is 0 Å². The van der Waals surface area contributed by atoms with E-state index in [2.05, 4.69) is 28.6 Å². The van der Waals surface area contributed by atoms with Crippen LogP contribution < -0.4 is 11.2 Å². The maximum Gasteiger partial charge on any atom is 0.490 e. The fourth-order valence-corrected chi connectivity index (χ4v) is 5.97. The molecule has 3 heterocycles. The Morgan fingerprint density at radius 2 is 1.74 bits per heavy atom. The summed E-state index contributed by atoms with van der Waals surface area (Å²) in [7, 11) is -16.9. The van der Waals surface area contributed by atoms with Crippen LogP contribution in [-0.2, 0) is 38.1 Å². The van der Waals surface area contributed by atoms with E-state index in [0.29, 0.717) is 5.69 Å². The molecule has 1 aliphatic rings. The lowest BCUT2D eigenvalue weighted by molar-refractivity contribution is -0.0228. The first-order valence-corrected chi connectivity index (χ1v) is 13.6. The first kappa shape index (κ1) is 27.7. The summed E-state index contributed by atoms with van der Waals surface area (Å²) in [5.41, 5.74) is -1.82. The zero-order valence-electron chi connectivity index (χ0n) is 16.9. The molecule has 8 N–H and O–H groups in total. The van der Waals surface area contributed by atoms with E-state index >= 15 is 0 Å². The quantitative estimate of drug-likeness (QED) is 0.135.